The van der Waals surface area contributed by atoms with E-state index in [4.69, 9.17) is 16.3 Å². The minimum atomic E-state index is 0. The third-order valence-electron chi connectivity index (χ3n) is 3.66. The Morgan fingerprint density at radius 1 is 1.09 bits per heavy atom. The first-order chi connectivity index (χ1) is 10.7. The second kappa shape index (κ2) is 10.5. The standard InChI is InChI=1S/C19H24ClNO.ClH/c1-3-22-19-12-11-17(13-18(19)20)14-21-15(2)9-10-16-7-5-4-6-8-16;/h4-8,11-13,15,21H,3,9-10,14H2,1-2H3;1H. The predicted octanol–water partition coefficient (Wildman–Crippen LogP) is 5.27. The molecule has 0 aliphatic heterocycles. The van der Waals surface area contributed by atoms with E-state index in [9.17, 15) is 0 Å². The Hall–Kier alpha value is -1.22. The molecule has 2 nitrogen and oxygen atoms in total. The highest BCUT2D eigenvalue weighted by Crippen LogP contribution is 2.25. The van der Waals surface area contributed by atoms with Crippen LogP contribution in [-0.2, 0) is 13.0 Å². The van der Waals surface area contributed by atoms with E-state index in [2.05, 4.69) is 48.6 Å². The van der Waals surface area contributed by atoms with Crippen molar-refractivity contribution in [2.45, 2.75) is 39.3 Å². The number of hydrogen-bond donors (Lipinski definition) is 1. The molecule has 4 heteroatoms. The van der Waals surface area contributed by atoms with E-state index < -0.39 is 0 Å². The molecular weight excluding hydrogens is 329 g/mol. The third-order valence-corrected chi connectivity index (χ3v) is 3.95. The molecule has 0 saturated carbocycles. The highest BCUT2D eigenvalue weighted by Gasteiger charge is 2.05. The molecule has 2 aromatic carbocycles. The van der Waals surface area contributed by atoms with Crippen molar-refractivity contribution in [2.24, 2.45) is 0 Å². The van der Waals surface area contributed by atoms with Gasteiger partial charge in [0.05, 0.1) is 11.6 Å². The van der Waals surface area contributed by atoms with Gasteiger partial charge in [-0.15, -0.1) is 12.4 Å². The quantitative estimate of drug-likeness (QED) is 0.697. The smallest absolute Gasteiger partial charge is 0.137 e. The first-order valence-electron chi connectivity index (χ1n) is 7.87. The summed E-state index contributed by atoms with van der Waals surface area (Å²) in [6, 6.07) is 17.0. The van der Waals surface area contributed by atoms with Crippen LogP contribution in [0.4, 0.5) is 0 Å². The lowest BCUT2D eigenvalue weighted by Gasteiger charge is -2.14. The molecule has 0 bridgehead atoms. The molecule has 1 atom stereocenters. The molecule has 0 aliphatic rings. The maximum Gasteiger partial charge on any atom is 0.137 e. The van der Waals surface area contributed by atoms with Gasteiger partial charge in [-0.3, -0.25) is 0 Å². The van der Waals surface area contributed by atoms with Gasteiger partial charge in [0.25, 0.3) is 0 Å². The van der Waals surface area contributed by atoms with Crippen LogP contribution in [0, 0.1) is 0 Å². The van der Waals surface area contributed by atoms with Crippen LogP contribution in [-0.4, -0.2) is 12.6 Å². The fourth-order valence-electron chi connectivity index (χ4n) is 2.35. The van der Waals surface area contributed by atoms with Gasteiger partial charge in [0, 0.05) is 12.6 Å². The van der Waals surface area contributed by atoms with E-state index in [0.29, 0.717) is 17.7 Å². The summed E-state index contributed by atoms with van der Waals surface area (Å²) in [4.78, 5) is 0. The summed E-state index contributed by atoms with van der Waals surface area (Å²) in [5, 5.41) is 4.23. The highest BCUT2D eigenvalue weighted by atomic mass is 35.5. The van der Waals surface area contributed by atoms with E-state index in [1.807, 2.05) is 19.1 Å². The van der Waals surface area contributed by atoms with Gasteiger partial charge < -0.3 is 10.1 Å². The number of ether oxygens (including phenoxy) is 1. The van der Waals surface area contributed by atoms with Gasteiger partial charge in [0.15, 0.2) is 0 Å². The van der Waals surface area contributed by atoms with E-state index >= 15 is 0 Å². The molecule has 2 aromatic rings. The van der Waals surface area contributed by atoms with Crippen molar-refractivity contribution in [1.29, 1.82) is 0 Å². The SMILES string of the molecule is CCOc1ccc(CNC(C)CCc2ccccc2)cc1Cl.Cl. The van der Waals surface area contributed by atoms with E-state index in [-0.39, 0.29) is 12.4 Å². The monoisotopic (exact) mass is 353 g/mol. The second-order valence-corrected chi connectivity index (χ2v) is 5.91. The number of nitrogens with one attached hydrogen (secondary N) is 1. The van der Waals surface area contributed by atoms with Gasteiger partial charge in [-0.2, -0.15) is 0 Å². The van der Waals surface area contributed by atoms with Crippen molar-refractivity contribution in [3.8, 4) is 5.75 Å². The number of rotatable bonds is 8. The zero-order valence-electron chi connectivity index (χ0n) is 13.7. The van der Waals surface area contributed by atoms with Crippen molar-refractivity contribution in [3.63, 3.8) is 0 Å². The highest BCUT2D eigenvalue weighted by molar-refractivity contribution is 6.32. The van der Waals surface area contributed by atoms with Crippen LogP contribution in [0.5, 0.6) is 5.75 Å². The summed E-state index contributed by atoms with van der Waals surface area (Å²) in [7, 11) is 0. The maximum absolute atomic E-state index is 6.21. The minimum Gasteiger partial charge on any atom is -0.492 e. The van der Waals surface area contributed by atoms with Crippen LogP contribution in [0.25, 0.3) is 0 Å². The predicted molar refractivity (Wildman–Crippen MR) is 101 cm³/mol. The molecule has 0 radical (unpaired) electrons. The molecular formula is C19H25Cl2NO. The summed E-state index contributed by atoms with van der Waals surface area (Å²) in [6.45, 7) is 5.63. The van der Waals surface area contributed by atoms with E-state index in [0.717, 1.165) is 25.1 Å². The van der Waals surface area contributed by atoms with Gasteiger partial charge >= 0.3 is 0 Å². The van der Waals surface area contributed by atoms with Crippen LogP contribution in [0.1, 0.15) is 31.4 Å². The fraction of sp³-hybridized carbons (Fsp3) is 0.368. The molecule has 0 heterocycles. The first-order valence-corrected chi connectivity index (χ1v) is 8.25. The number of hydrogen-bond acceptors (Lipinski definition) is 2. The van der Waals surface area contributed by atoms with Gasteiger partial charge in [-0.25, -0.2) is 0 Å². The zero-order chi connectivity index (χ0) is 15.8. The van der Waals surface area contributed by atoms with Crippen LogP contribution >= 0.6 is 24.0 Å². The molecule has 2 rings (SSSR count). The van der Waals surface area contributed by atoms with Gasteiger partial charge in [0.1, 0.15) is 5.75 Å². The Kier molecular flexibility index (Phi) is 9.08. The molecule has 0 amide bonds. The Balaban J connectivity index is 0.00000264. The molecule has 1 N–H and O–H groups in total. The minimum absolute atomic E-state index is 0. The third kappa shape index (κ3) is 6.82. The van der Waals surface area contributed by atoms with Crippen molar-refractivity contribution in [1.82, 2.24) is 5.32 Å². The Labute approximate surface area is 150 Å². The molecule has 0 saturated heterocycles. The summed E-state index contributed by atoms with van der Waals surface area (Å²) in [5.41, 5.74) is 2.57. The number of aryl methyl sites for hydroxylation is 1. The molecule has 0 aliphatic carbocycles. The summed E-state index contributed by atoms with van der Waals surface area (Å²) < 4.78 is 5.45. The van der Waals surface area contributed by atoms with Crippen LogP contribution in [0.15, 0.2) is 48.5 Å². The topological polar surface area (TPSA) is 21.3 Å². The van der Waals surface area contributed by atoms with Crippen molar-refractivity contribution in [2.75, 3.05) is 6.61 Å². The molecule has 0 aromatic heterocycles. The average Bonchev–Trinajstić information content (AvgIpc) is 2.54. The van der Waals surface area contributed by atoms with Crippen molar-refractivity contribution in [3.05, 3.63) is 64.7 Å². The van der Waals surface area contributed by atoms with Gasteiger partial charge in [0.2, 0.25) is 0 Å². The van der Waals surface area contributed by atoms with Gasteiger partial charge in [-0.1, -0.05) is 48.0 Å². The Bertz CT molecular complexity index is 575. The number of halogens is 2. The van der Waals surface area contributed by atoms with Crippen LogP contribution < -0.4 is 10.1 Å². The second-order valence-electron chi connectivity index (χ2n) is 5.50. The van der Waals surface area contributed by atoms with E-state index in [1.165, 1.54) is 11.1 Å². The molecule has 0 spiro atoms. The van der Waals surface area contributed by atoms with E-state index in [1.54, 1.807) is 0 Å². The zero-order valence-corrected chi connectivity index (χ0v) is 15.3. The van der Waals surface area contributed by atoms with Crippen molar-refractivity contribution >= 4 is 24.0 Å². The lowest BCUT2D eigenvalue weighted by molar-refractivity contribution is 0.340. The molecule has 23 heavy (non-hydrogen) atoms. The molecule has 126 valence electrons. The normalized spacial score (nSPS) is 11.6. The summed E-state index contributed by atoms with van der Waals surface area (Å²) >= 11 is 6.21. The van der Waals surface area contributed by atoms with Crippen molar-refractivity contribution < 1.29 is 4.74 Å². The summed E-state index contributed by atoms with van der Waals surface area (Å²) in [6.07, 6.45) is 2.22. The first kappa shape index (κ1) is 19.8. The molecule has 1 unspecified atom stereocenters. The number of benzene rings is 2. The fourth-order valence-corrected chi connectivity index (χ4v) is 2.61. The lowest BCUT2D eigenvalue weighted by Crippen LogP contribution is -2.25. The van der Waals surface area contributed by atoms with Gasteiger partial charge in [-0.05, 0) is 49.9 Å². The molecule has 0 fully saturated rings. The largest absolute Gasteiger partial charge is 0.492 e. The Morgan fingerprint density at radius 3 is 2.48 bits per heavy atom. The Morgan fingerprint density at radius 2 is 1.83 bits per heavy atom. The van der Waals surface area contributed by atoms with Crippen LogP contribution in [0.2, 0.25) is 5.02 Å². The summed E-state index contributed by atoms with van der Waals surface area (Å²) in [5.74, 6) is 0.755. The lowest BCUT2D eigenvalue weighted by atomic mass is 10.1. The average molecular weight is 354 g/mol. The van der Waals surface area contributed by atoms with Crippen LogP contribution in [0.3, 0.4) is 0 Å². The maximum atomic E-state index is 6.21.